The molecule has 1 aliphatic carbocycles. The molecule has 0 aromatic heterocycles. The van der Waals surface area contributed by atoms with Gasteiger partial charge in [0, 0.05) is 21.1 Å². The molecule has 1 aliphatic rings. The zero-order chi connectivity index (χ0) is 20.6. The Labute approximate surface area is 188 Å². The molecule has 0 heterocycles. The van der Waals surface area contributed by atoms with E-state index in [9.17, 15) is 8.42 Å². The molecule has 3 atom stereocenters. The number of rotatable bonds is 4. The maximum absolute atomic E-state index is 11.6. The number of halogens is 2. The molecular weight excluding hydrogens is 514 g/mol. The lowest BCUT2D eigenvalue weighted by molar-refractivity contribution is 0.597. The number of primary sulfonamides is 1. The van der Waals surface area contributed by atoms with Crippen molar-refractivity contribution in [3.8, 4) is 0 Å². The van der Waals surface area contributed by atoms with Gasteiger partial charge in [-0.3, -0.25) is 0 Å². The molecule has 0 saturated carbocycles. The van der Waals surface area contributed by atoms with Crippen molar-refractivity contribution in [2.75, 3.05) is 0 Å². The van der Waals surface area contributed by atoms with Crippen molar-refractivity contribution >= 4 is 47.5 Å². The predicted molar refractivity (Wildman–Crippen MR) is 125 cm³/mol. The van der Waals surface area contributed by atoms with Crippen LogP contribution in [0.3, 0.4) is 0 Å². The van der Waals surface area contributed by atoms with Gasteiger partial charge in [0.25, 0.3) is 0 Å². The fourth-order valence-corrected chi connectivity index (χ4v) is 5.73. The highest BCUT2D eigenvalue weighted by Crippen LogP contribution is 2.51. The van der Waals surface area contributed by atoms with Crippen molar-refractivity contribution in [2.24, 2.45) is 5.14 Å². The highest BCUT2D eigenvalue weighted by molar-refractivity contribution is 9.10. The molecule has 3 unspecified atom stereocenters. The van der Waals surface area contributed by atoms with E-state index in [1.807, 2.05) is 42.5 Å². The van der Waals surface area contributed by atoms with Crippen LogP contribution in [0.1, 0.15) is 28.5 Å². The average molecular weight is 533 g/mol. The first-order chi connectivity index (χ1) is 13.8. The molecule has 29 heavy (non-hydrogen) atoms. The molecule has 2 N–H and O–H groups in total. The second-order valence-corrected chi connectivity index (χ2v) is 10.6. The summed E-state index contributed by atoms with van der Waals surface area (Å²) in [5, 5.41) is 5.26. The van der Waals surface area contributed by atoms with Gasteiger partial charge >= 0.3 is 0 Å². The minimum atomic E-state index is -3.71. The molecular formula is C23H19Br2NO2S. The smallest absolute Gasteiger partial charge is 0.225 e. The Balaban J connectivity index is 1.79. The van der Waals surface area contributed by atoms with E-state index in [1.165, 1.54) is 16.7 Å². The van der Waals surface area contributed by atoms with Crippen LogP contribution < -0.4 is 5.14 Å². The van der Waals surface area contributed by atoms with E-state index in [4.69, 9.17) is 5.14 Å². The first-order valence-electron chi connectivity index (χ1n) is 9.14. The Kier molecular flexibility index (Phi) is 5.80. The van der Waals surface area contributed by atoms with Crippen LogP contribution >= 0.6 is 31.9 Å². The predicted octanol–water partition coefficient (Wildman–Crippen LogP) is 5.82. The fraction of sp³-hybridized carbons (Fsp3) is 0.130. The molecule has 3 nitrogen and oxygen atoms in total. The summed E-state index contributed by atoms with van der Waals surface area (Å²) < 4.78 is 24.3. The summed E-state index contributed by atoms with van der Waals surface area (Å²) in [5.74, 6) is 0.296. The standard InChI is InChI=1S/C23H19Br2NO2S/c24-18-10-6-16(7-11-18)21-14-20(15-8-12-19(13-9-15)29(26,27)28)22(23(21)25)17-4-2-1-3-5-17/h1-14,20,22-23H,(H2,26,27,28). The van der Waals surface area contributed by atoms with Crippen molar-refractivity contribution in [1.29, 1.82) is 0 Å². The second-order valence-electron chi connectivity index (χ2n) is 7.11. The summed E-state index contributed by atoms with van der Waals surface area (Å²) in [5.41, 5.74) is 4.69. The maximum atomic E-state index is 11.6. The summed E-state index contributed by atoms with van der Waals surface area (Å²) >= 11 is 7.45. The molecule has 0 aliphatic heterocycles. The van der Waals surface area contributed by atoms with E-state index in [1.54, 1.807) is 12.1 Å². The van der Waals surface area contributed by atoms with Gasteiger partial charge in [-0.25, -0.2) is 13.6 Å². The second kappa shape index (κ2) is 8.19. The van der Waals surface area contributed by atoms with E-state index in [0.29, 0.717) is 0 Å². The number of sulfonamides is 1. The number of nitrogens with two attached hydrogens (primary N) is 1. The summed E-state index contributed by atoms with van der Waals surface area (Å²) in [6.07, 6.45) is 2.28. The van der Waals surface area contributed by atoms with Crippen molar-refractivity contribution in [2.45, 2.75) is 21.6 Å². The topological polar surface area (TPSA) is 60.2 Å². The van der Waals surface area contributed by atoms with Crippen LogP contribution in [0.4, 0.5) is 0 Å². The Hall–Kier alpha value is -1.73. The SMILES string of the molecule is NS(=O)(=O)c1ccc(C2C=C(c3ccc(Br)cc3)C(Br)C2c2ccccc2)cc1. The largest absolute Gasteiger partial charge is 0.238 e. The van der Waals surface area contributed by atoms with Gasteiger partial charge in [0.2, 0.25) is 10.0 Å². The van der Waals surface area contributed by atoms with Crippen LogP contribution in [0.5, 0.6) is 0 Å². The molecule has 0 amide bonds. The molecule has 3 aromatic carbocycles. The molecule has 0 saturated heterocycles. The third kappa shape index (κ3) is 4.26. The molecule has 4 rings (SSSR count). The lowest BCUT2D eigenvalue weighted by Gasteiger charge is -2.24. The molecule has 3 aromatic rings. The van der Waals surface area contributed by atoms with E-state index in [-0.39, 0.29) is 21.6 Å². The summed E-state index contributed by atoms with van der Waals surface area (Å²) in [6, 6.07) is 25.6. The minimum absolute atomic E-state index is 0.106. The zero-order valence-corrected chi connectivity index (χ0v) is 19.4. The lowest BCUT2D eigenvalue weighted by atomic mass is 9.83. The van der Waals surface area contributed by atoms with Gasteiger partial charge in [0.1, 0.15) is 0 Å². The quantitative estimate of drug-likeness (QED) is 0.430. The van der Waals surface area contributed by atoms with Crippen molar-refractivity contribution in [3.63, 3.8) is 0 Å². The Bertz CT molecular complexity index is 1140. The van der Waals surface area contributed by atoms with Crippen molar-refractivity contribution in [1.82, 2.24) is 0 Å². The van der Waals surface area contributed by atoms with E-state index in [0.717, 1.165) is 10.0 Å². The van der Waals surface area contributed by atoms with Crippen LogP contribution in [0.2, 0.25) is 0 Å². The van der Waals surface area contributed by atoms with Gasteiger partial charge < -0.3 is 0 Å². The van der Waals surface area contributed by atoms with Crippen LogP contribution in [-0.2, 0) is 10.0 Å². The van der Waals surface area contributed by atoms with E-state index >= 15 is 0 Å². The third-order valence-corrected chi connectivity index (χ3v) is 7.83. The van der Waals surface area contributed by atoms with Gasteiger partial charge in [0.05, 0.1) is 4.90 Å². The Morgan fingerprint density at radius 3 is 2.00 bits per heavy atom. The molecule has 0 spiro atoms. The average Bonchev–Trinajstić information content (AvgIpc) is 3.06. The monoisotopic (exact) mass is 531 g/mol. The summed E-state index contributed by atoms with van der Waals surface area (Å²) in [6.45, 7) is 0. The molecule has 148 valence electrons. The highest BCUT2D eigenvalue weighted by Gasteiger charge is 2.38. The first kappa shape index (κ1) is 20.5. The maximum Gasteiger partial charge on any atom is 0.238 e. The molecule has 0 fully saturated rings. The normalized spacial score (nSPS) is 21.8. The van der Waals surface area contributed by atoms with Crippen LogP contribution in [0.15, 0.2) is 94.3 Å². The van der Waals surface area contributed by atoms with Gasteiger partial charge in [-0.05, 0) is 46.5 Å². The van der Waals surface area contributed by atoms with Gasteiger partial charge in [-0.15, -0.1) is 0 Å². The number of allylic oxidation sites excluding steroid dienone is 2. The van der Waals surface area contributed by atoms with E-state index < -0.39 is 10.0 Å². The van der Waals surface area contributed by atoms with Gasteiger partial charge in [-0.1, -0.05) is 92.5 Å². The first-order valence-corrected chi connectivity index (χ1v) is 12.4. The van der Waals surface area contributed by atoms with Crippen molar-refractivity contribution in [3.05, 3.63) is 106 Å². The third-order valence-electron chi connectivity index (χ3n) is 5.31. The lowest BCUT2D eigenvalue weighted by Crippen LogP contribution is -2.15. The highest BCUT2D eigenvalue weighted by atomic mass is 79.9. The van der Waals surface area contributed by atoms with Crippen molar-refractivity contribution < 1.29 is 8.42 Å². The molecule has 0 radical (unpaired) electrons. The molecule has 6 heteroatoms. The van der Waals surface area contributed by atoms with Gasteiger partial charge in [-0.2, -0.15) is 0 Å². The Morgan fingerprint density at radius 1 is 0.793 bits per heavy atom. The van der Waals surface area contributed by atoms with Crippen LogP contribution in [-0.4, -0.2) is 13.2 Å². The minimum Gasteiger partial charge on any atom is -0.225 e. The fourth-order valence-electron chi connectivity index (χ4n) is 3.90. The molecule has 0 bridgehead atoms. The summed E-state index contributed by atoms with van der Waals surface area (Å²) in [7, 11) is -3.71. The number of hydrogen-bond donors (Lipinski definition) is 1. The number of hydrogen-bond acceptors (Lipinski definition) is 2. The Morgan fingerprint density at radius 2 is 1.41 bits per heavy atom. The van der Waals surface area contributed by atoms with Crippen LogP contribution in [0.25, 0.3) is 5.57 Å². The zero-order valence-electron chi connectivity index (χ0n) is 15.4. The van der Waals surface area contributed by atoms with Crippen LogP contribution in [0, 0.1) is 0 Å². The number of alkyl halides is 1. The van der Waals surface area contributed by atoms with Gasteiger partial charge in [0.15, 0.2) is 0 Å². The summed E-state index contributed by atoms with van der Waals surface area (Å²) in [4.78, 5) is 0.261. The number of benzene rings is 3. The van der Waals surface area contributed by atoms with E-state index in [2.05, 4.69) is 62.2 Å².